The number of alkyl halides is 1. The lowest BCUT2D eigenvalue weighted by Gasteiger charge is -2.38. The van der Waals surface area contributed by atoms with Gasteiger partial charge in [0.05, 0.1) is 12.9 Å². The van der Waals surface area contributed by atoms with Gasteiger partial charge in [-0.15, -0.1) is 0 Å². The molecule has 0 amide bonds. The number of aliphatic hydroxyl groups excluding tert-OH is 3. The summed E-state index contributed by atoms with van der Waals surface area (Å²) < 4.78 is 30.2. The first kappa shape index (κ1) is 23.2. The average molecular weight is 460 g/mol. The number of ketones is 1. The standard InChI is InChI=1S/C24H25FO8/c1-12-8-16(28)20(15(27)4-2-13-3-5-17-14(10-13)6-7-31-17)18(9-12)32-24-23(30)22(29)21(25)19(11-26)33-24/h3,5-10,19,21-24,26,28-30H,2,4,11H2,1H3/t19-,21+,22+,23-,24-/m1/s1. The molecule has 176 valence electrons. The van der Waals surface area contributed by atoms with Crippen molar-refractivity contribution in [2.24, 2.45) is 0 Å². The van der Waals surface area contributed by atoms with Crippen LogP contribution in [0.25, 0.3) is 11.0 Å². The molecule has 0 unspecified atom stereocenters. The number of rotatable bonds is 7. The Morgan fingerprint density at radius 3 is 2.70 bits per heavy atom. The van der Waals surface area contributed by atoms with Crippen molar-refractivity contribution >= 4 is 16.8 Å². The normalized spacial score (nSPS) is 25.3. The van der Waals surface area contributed by atoms with E-state index in [4.69, 9.17) is 13.9 Å². The van der Waals surface area contributed by atoms with Crippen LogP contribution in [0.4, 0.5) is 4.39 Å². The SMILES string of the molecule is Cc1cc(O)c(C(=O)CCc2ccc3occc3c2)c(O[C@@H]2O[C@H](CO)[C@H](F)[C@H](O)[C@H]2O)c1. The molecule has 8 nitrogen and oxygen atoms in total. The number of aliphatic hydroxyl groups is 3. The van der Waals surface area contributed by atoms with Crippen LogP contribution in [0.1, 0.15) is 27.9 Å². The van der Waals surface area contributed by atoms with E-state index in [2.05, 4.69) is 0 Å². The third-order valence-corrected chi connectivity index (χ3v) is 5.70. The lowest BCUT2D eigenvalue weighted by molar-refractivity contribution is -0.265. The Morgan fingerprint density at radius 2 is 1.94 bits per heavy atom. The highest BCUT2D eigenvalue weighted by atomic mass is 19.1. The molecule has 2 heterocycles. The Labute approximate surface area is 188 Å². The van der Waals surface area contributed by atoms with E-state index in [1.54, 1.807) is 13.2 Å². The number of phenolic OH excluding ortho intramolecular Hbond substituents is 1. The first-order chi connectivity index (χ1) is 15.8. The molecule has 3 aromatic rings. The van der Waals surface area contributed by atoms with Crippen LogP contribution in [0.3, 0.4) is 0 Å². The second kappa shape index (κ2) is 9.48. The summed E-state index contributed by atoms with van der Waals surface area (Å²) in [5.41, 5.74) is 2.10. The fourth-order valence-corrected chi connectivity index (χ4v) is 3.93. The molecule has 0 bridgehead atoms. The number of hydrogen-bond acceptors (Lipinski definition) is 8. The summed E-state index contributed by atoms with van der Waals surface area (Å²) in [7, 11) is 0. The molecule has 1 fully saturated rings. The molecule has 1 saturated heterocycles. The maximum absolute atomic E-state index is 14.0. The van der Waals surface area contributed by atoms with Crippen molar-refractivity contribution in [2.75, 3.05) is 6.61 Å². The van der Waals surface area contributed by atoms with Gasteiger partial charge in [0.15, 0.2) is 12.0 Å². The van der Waals surface area contributed by atoms with Crippen molar-refractivity contribution in [2.45, 2.75) is 50.5 Å². The van der Waals surface area contributed by atoms with Gasteiger partial charge in [-0.2, -0.15) is 0 Å². The van der Waals surface area contributed by atoms with Gasteiger partial charge in [0.25, 0.3) is 0 Å². The van der Waals surface area contributed by atoms with Gasteiger partial charge in [-0.3, -0.25) is 4.79 Å². The Bertz CT molecular complexity index is 1140. The summed E-state index contributed by atoms with van der Waals surface area (Å²) in [6.45, 7) is 0.929. The topological polar surface area (TPSA) is 130 Å². The monoisotopic (exact) mass is 460 g/mol. The zero-order chi connectivity index (χ0) is 23.7. The molecule has 4 N–H and O–H groups in total. The number of halogens is 1. The number of ether oxygens (including phenoxy) is 2. The van der Waals surface area contributed by atoms with Crippen LogP contribution in [-0.2, 0) is 11.2 Å². The highest BCUT2D eigenvalue weighted by Crippen LogP contribution is 2.34. The first-order valence-corrected chi connectivity index (χ1v) is 10.5. The largest absolute Gasteiger partial charge is 0.507 e. The van der Waals surface area contributed by atoms with Gasteiger partial charge in [-0.1, -0.05) is 6.07 Å². The van der Waals surface area contributed by atoms with Crippen molar-refractivity contribution in [3.63, 3.8) is 0 Å². The number of aromatic hydroxyl groups is 1. The van der Waals surface area contributed by atoms with E-state index in [1.807, 2.05) is 24.3 Å². The highest BCUT2D eigenvalue weighted by molar-refractivity contribution is 6.01. The van der Waals surface area contributed by atoms with E-state index in [0.717, 1.165) is 16.5 Å². The number of benzene rings is 2. The third kappa shape index (κ3) is 4.72. The molecule has 0 saturated carbocycles. The number of carbonyl (C=O) groups excluding carboxylic acids is 1. The van der Waals surface area contributed by atoms with E-state index in [-0.39, 0.29) is 23.5 Å². The highest BCUT2D eigenvalue weighted by Gasteiger charge is 2.46. The second-order valence-electron chi connectivity index (χ2n) is 8.14. The number of Topliss-reactive ketones (excluding diaryl/α,β-unsaturated/α-hetero) is 1. The molecular formula is C24H25FO8. The van der Waals surface area contributed by atoms with Gasteiger partial charge in [-0.25, -0.2) is 4.39 Å². The second-order valence-corrected chi connectivity index (χ2v) is 8.14. The number of phenols is 1. The van der Waals surface area contributed by atoms with Gasteiger partial charge >= 0.3 is 0 Å². The third-order valence-electron chi connectivity index (χ3n) is 5.70. The summed E-state index contributed by atoms with van der Waals surface area (Å²) in [5, 5.41) is 40.8. The van der Waals surface area contributed by atoms with Crippen LogP contribution >= 0.6 is 0 Å². The fourth-order valence-electron chi connectivity index (χ4n) is 3.93. The minimum atomic E-state index is -2.01. The fraction of sp³-hybridized carbons (Fsp3) is 0.375. The molecule has 5 atom stereocenters. The summed E-state index contributed by atoms with van der Waals surface area (Å²) in [6, 6.07) is 10.3. The predicted octanol–water partition coefficient (Wildman–Crippen LogP) is 2.42. The lowest BCUT2D eigenvalue weighted by atomic mass is 9.98. The lowest BCUT2D eigenvalue weighted by Crippen LogP contribution is -2.58. The van der Waals surface area contributed by atoms with Crippen molar-refractivity contribution in [3.8, 4) is 11.5 Å². The Balaban J connectivity index is 1.55. The van der Waals surface area contributed by atoms with Gasteiger partial charge in [0, 0.05) is 11.8 Å². The first-order valence-electron chi connectivity index (χ1n) is 10.5. The van der Waals surface area contributed by atoms with Gasteiger partial charge < -0.3 is 34.3 Å². The minimum absolute atomic E-state index is 0.0544. The Kier molecular flexibility index (Phi) is 6.66. The molecule has 1 aromatic heterocycles. The van der Waals surface area contributed by atoms with E-state index in [9.17, 15) is 29.6 Å². The summed E-state index contributed by atoms with van der Waals surface area (Å²) >= 11 is 0. The quantitative estimate of drug-likeness (QED) is 0.396. The molecule has 4 rings (SSSR count). The van der Waals surface area contributed by atoms with E-state index >= 15 is 0 Å². The molecule has 0 radical (unpaired) electrons. The van der Waals surface area contributed by atoms with Crippen LogP contribution in [0, 0.1) is 6.92 Å². The number of fused-ring (bicyclic) bond motifs is 1. The molecule has 1 aliphatic rings. The van der Waals surface area contributed by atoms with E-state index < -0.39 is 43.2 Å². The molecule has 9 heteroatoms. The number of aryl methyl sites for hydroxylation is 2. The van der Waals surface area contributed by atoms with E-state index in [0.29, 0.717) is 12.0 Å². The van der Waals surface area contributed by atoms with E-state index in [1.165, 1.54) is 12.1 Å². The van der Waals surface area contributed by atoms with Crippen molar-refractivity contribution < 1.29 is 43.5 Å². The smallest absolute Gasteiger partial charge is 0.229 e. The van der Waals surface area contributed by atoms with Crippen LogP contribution < -0.4 is 4.74 Å². The van der Waals surface area contributed by atoms with Crippen molar-refractivity contribution in [1.82, 2.24) is 0 Å². The zero-order valence-corrected chi connectivity index (χ0v) is 17.8. The van der Waals surface area contributed by atoms with Crippen LogP contribution in [0.15, 0.2) is 47.1 Å². The molecule has 1 aliphatic heterocycles. The predicted molar refractivity (Wildman–Crippen MR) is 115 cm³/mol. The van der Waals surface area contributed by atoms with Crippen molar-refractivity contribution in [3.05, 3.63) is 59.4 Å². The van der Waals surface area contributed by atoms with Crippen LogP contribution in [0.5, 0.6) is 11.5 Å². The minimum Gasteiger partial charge on any atom is -0.507 e. The van der Waals surface area contributed by atoms with Gasteiger partial charge in [-0.05, 0) is 54.8 Å². The number of hydrogen-bond donors (Lipinski definition) is 4. The Hall–Kier alpha value is -2.98. The Morgan fingerprint density at radius 1 is 1.15 bits per heavy atom. The average Bonchev–Trinajstić information content (AvgIpc) is 3.25. The number of carbonyl (C=O) groups is 1. The molecule has 0 spiro atoms. The molecule has 2 aromatic carbocycles. The van der Waals surface area contributed by atoms with Crippen LogP contribution in [0.2, 0.25) is 0 Å². The zero-order valence-electron chi connectivity index (χ0n) is 17.8. The summed E-state index contributed by atoms with van der Waals surface area (Å²) in [4.78, 5) is 13.0. The molecule has 0 aliphatic carbocycles. The molecular weight excluding hydrogens is 435 g/mol. The summed E-state index contributed by atoms with van der Waals surface area (Å²) in [6.07, 6.45) is -6.57. The van der Waals surface area contributed by atoms with Gasteiger partial charge in [0.1, 0.15) is 41.0 Å². The van der Waals surface area contributed by atoms with Crippen molar-refractivity contribution in [1.29, 1.82) is 0 Å². The van der Waals surface area contributed by atoms with Crippen LogP contribution in [-0.4, -0.2) is 63.6 Å². The maximum Gasteiger partial charge on any atom is 0.229 e. The number of furan rings is 1. The summed E-state index contributed by atoms with van der Waals surface area (Å²) in [5.74, 6) is -0.802. The molecule has 33 heavy (non-hydrogen) atoms. The maximum atomic E-state index is 14.0. The van der Waals surface area contributed by atoms with Gasteiger partial charge in [0.2, 0.25) is 6.29 Å².